The maximum Gasteiger partial charge on any atom is 0.237 e. The van der Waals surface area contributed by atoms with Crippen LogP contribution in [0.4, 0.5) is 5.95 Å². The average Bonchev–Trinajstić information content (AvgIpc) is 2.28. The Balaban J connectivity index is 2.83. The predicted molar refractivity (Wildman–Crippen MR) is 65.4 cm³/mol. The summed E-state index contributed by atoms with van der Waals surface area (Å²) in [7, 11) is 1.81. The van der Waals surface area contributed by atoms with Crippen molar-refractivity contribution in [3.63, 3.8) is 0 Å². The van der Waals surface area contributed by atoms with Crippen molar-refractivity contribution in [2.75, 3.05) is 25.0 Å². The number of anilines is 1. The van der Waals surface area contributed by atoms with E-state index in [1.165, 1.54) is 4.90 Å². The Morgan fingerprint density at radius 1 is 1.22 bits per heavy atom. The fourth-order valence-corrected chi connectivity index (χ4v) is 1.38. The third kappa shape index (κ3) is 4.34. The second kappa shape index (κ2) is 6.50. The number of nitrogens with one attached hydrogen (secondary N) is 1. The third-order valence-electron chi connectivity index (χ3n) is 2.05. The smallest absolute Gasteiger partial charge is 0.237 e. The van der Waals surface area contributed by atoms with Gasteiger partial charge in [-0.15, -0.1) is 0 Å². The zero-order valence-corrected chi connectivity index (χ0v) is 10.1. The highest BCUT2D eigenvalue weighted by Gasteiger charge is 2.14. The summed E-state index contributed by atoms with van der Waals surface area (Å²) in [5.41, 5.74) is 11.1. The number of primary amides is 2. The van der Waals surface area contributed by atoms with Gasteiger partial charge in [0.2, 0.25) is 17.8 Å². The minimum absolute atomic E-state index is 0.158. The molecule has 1 aromatic rings. The quantitative estimate of drug-likeness (QED) is 0.513. The monoisotopic (exact) mass is 252 g/mol. The number of hydrogen-bond donors (Lipinski definition) is 3. The van der Waals surface area contributed by atoms with Crippen molar-refractivity contribution in [3.05, 3.63) is 18.0 Å². The van der Waals surface area contributed by atoms with E-state index in [2.05, 4.69) is 15.3 Å². The van der Waals surface area contributed by atoms with E-state index in [4.69, 9.17) is 11.5 Å². The van der Waals surface area contributed by atoms with E-state index in [0.717, 1.165) is 5.56 Å². The summed E-state index contributed by atoms with van der Waals surface area (Å²) in [4.78, 5) is 31.2. The summed E-state index contributed by atoms with van der Waals surface area (Å²) in [6, 6.07) is 0. The molecule has 8 nitrogen and oxygen atoms in total. The lowest BCUT2D eigenvalue weighted by Crippen LogP contribution is -2.40. The highest BCUT2D eigenvalue weighted by molar-refractivity contribution is 5.83. The molecule has 0 aliphatic carbocycles. The van der Waals surface area contributed by atoms with E-state index >= 15 is 0 Å². The SMILES string of the molecule is CNCc1cnc(N(CC(N)=O)CC(N)=O)nc1. The number of aromatic nitrogens is 2. The van der Waals surface area contributed by atoms with Crippen molar-refractivity contribution >= 4 is 17.8 Å². The molecule has 0 aliphatic rings. The third-order valence-corrected chi connectivity index (χ3v) is 2.05. The van der Waals surface area contributed by atoms with Gasteiger partial charge < -0.3 is 21.7 Å². The molecule has 1 rings (SSSR count). The minimum atomic E-state index is -0.584. The van der Waals surface area contributed by atoms with E-state index in [9.17, 15) is 9.59 Å². The van der Waals surface area contributed by atoms with Gasteiger partial charge >= 0.3 is 0 Å². The molecule has 1 aromatic heterocycles. The summed E-state index contributed by atoms with van der Waals surface area (Å²) >= 11 is 0. The van der Waals surface area contributed by atoms with Crippen LogP contribution in [-0.4, -0.2) is 41.9 Å². The molecule has 5 N–H and O–H groups in total. The van der Waals surface area contributed by atoms with Crippen molar-refractivity contribution < 1.29 is 9.59 Å². The number of hydrogen-bond acceptors (Lipinski definition) is 6. The van der Waals surface area contributed by atoms with Gasteiger partial charge in [-0.1, -0.05) is 0 Å². The number of nitrogens with two attached hydrogens (primary N) is 2. The first-order valence-corrected chi connectivity index (χ1v) is 5.30. The highest BCUT2D eigenvalue weighted by Crippen LogP contribution is 2.06. The molecule has 98 valence electrons. The van der Waals surface area contributed by atoms with E-state index in [-0.39, 0.29) is 19.0 Å². The summed E-state index contributed by atoms with van der Waals surface area (Å²) in [5.74, 6) is -0.925. The standard InChI is InChI=1S/C10H16N6O2/c1-13-2-7-3-14-10(15-4-7)16(5-8(11)17)6-9(12)18/h3-4,13H,2,5-6H2,1H3,(H2,11,17)(H2,12,18). The number of rotatable bonds is 7. The molecule has 0 fully saturated rings. The van der Waals surface area contributed by atoms with Gasteiger partial charge in [0.15, 0.2) is 0 Å². The minimum Gasteiger partial charge on any atom is -0.368 e. The van der Waals surface area contributed by atoms with E-state index in [1.54, 1.807) is 19.4 Å². The number of carbonyl (C=O) groups excluding carboxylic acids is 2. The van der Waals surface area contributed by atoms with Crippen LogP contribution in [0.25, 0.3) is 0 Å². The molecule has 0 spiro atoms. The van der Waals surface area contributed by atoms with E-state index in [0.29, 0.717) is 6.54 Å². The molecule has 0 unspecified atom stereocenters. The van der Waals surface area contributed by atoms with Gasteiger partial charge in [-0.3, -0.25) is 9.59 Å². The lowest BCUT2D eigenvalue weighted by Gasteiger charge is -2.19. The lowest BCUT2D eigenvalue weighted by atomic mass is 10.3. The second-order valence-corrected chi connectivity index (χ2v) is 3.71. The summed E-state index contributed by atoms with van der Waals surface area (Å²) in [5, 5.41) is 2.96. The first-order valence-electron chi connectivity index (χ1n) is 5.30. The fourth-order valence-electron chi connectivity index (χ4n) is 1.38. The van der Waals surface area contributed by atoms with E-state index in [1.807, 2.05) is 0 Å². The number of amides is 2. The van der Waals surface area contributed by atoms with Crippen LogP contribution in [0.2, 0.25) is 0 Å². The first kappa shape index (κ1) is 13.8. The molecular weight excluding hydrogens is 236 g/mol. The molecule has 0 saturated heterocycles. The highest BCUT2D eigenvalue weighted by atomic mass is 16.2. The molecular formula is C10H16N6O2. The van der Waals surface area contributed by atoms with Crippen LogP contribution < -0.4 is 21.7 Å². The zero-order valence-electron chi connectivity index (χ0n) is 10.1. The summed E-state index contributed by atoms with van der Waals surface area (Å²) < 4.78 is 0. The van der Waals surface area contributed by atoms with Gasteiger partial charge in [-0.2, -0.15) is 0 Å². The van der Waals surface area contributed by atoms with E-state index < -0.39 is 11.8 Å². The Kier molecular flexibility index (Phi) is 5.00. The first-order chi connectivity index (χ1) is 8.52. The molecule has 0 bridgehead atoms. The van der Waals surface area contributed by atoms with Crippen LogP contribution >= 0.6 is 0 Å². The van der Waals surface area contributed by atoms with Crippen LogP contribution in [0.3, 0.4) is 0 Å². The van der Waals surface area contributed by atoms with Crippen LogP contribution in [-0.2, 0) is 16.1 Å². The van der Waals surface area contributed by atoms with Crippen molar-refractivity contribution in [1.29, 1.82) is 0 Å². The Bertz CT molecular complexity index is 403. The van der Waals surface area contributed by atoms with Gasteiger partial charge in [-0.05, 0) is 7.05 Å². The topological polar surface area (TPSA) is 127 Å². The molecule has 0 saturated carbocycles. The maximum absolute atomic E-state index is 10.9. The van der Waals surface area contributed by atoms with Crippen molar-refractivity contribution in [3.8, 4) is 0 Å². The Morgan fingerprint density at radius 3 is 2.11 bits per heavy atom. The molecule has 0 radical (unpaired) electrons. The van der Waals surface area contributed by atoms with Crippen molar-refractivity contribution in [2.24, 2.45) is 11.5 Å². The zero-order chi connectivity index (χ0) is 13.5. The summed E-state index contributed by atoms with van der Waals surface area (Å²) in [6.45, 7) is 0.314. The average molecular weight is 252 g/mol. The Morgan fingerprint density at radius 2 is 1.72 bits per heavy atom. The van der Waals surface area contributed by atoms with Gasteiger partial charge in [0.1, 0.15) is 13.1 Å². The van der Waals surface area contributed by atoms with Gasteiger partial charge in [0.25, 0.3) is 0 Å². The van der Waals surface area contributed by atoms with Crippen LogP contribution in [0.15, 0.2) is 12.4 Å². The largest absolute Gasteiger partial charge is 0.368 e. The van der Waals surface area contributed by atoms with Crippen molar-refractivity contribution in [1.82, 2.24) is 15.3 Å². The summed E-state index contributed by atoms with van der Waals surface area (Å²) in [6.07, 6.45) is 3.21. The molecule has 0 aromatic carbocycles. The molecule has 18 heavy (non-hydrogen) atoms. The predicted octanol–water partition coefficient (Wildman–Crippen LogP) is -2.03. The lowest BCUT2D eigenvalue weighted by molar-refractivity contribution is -0.117. The fraction of sp³-hybridized carbons (Fsp3) is 0.400. The van der Waals surface area contributed by atoms with Crippen LogP contribution in [0.5, 0.6) is 0 Å². The second-order valence-electron chi connectivity index (χ2n) is 3.71. The Hall–Kier alpha value is -2.22. The normalized spacial score (nSPS) is 10.1. The van der Waals surface area contributed by atoms with Gasteiger partial charge in [-0.25, -0.2) is 9.97 Å². The van der Waals surface area contributed by atoms with Crippen LogP contribution in [0.1, 0.15) is 5.56 Å². The van der Waals surface area contributed by atoms with Crippen molar-refractivity contribution in [2.45, 2.75) is 6.54 Å². The molecule has 1 heterocycles. The Labute approximate surface area is 104 Å². The van der Waals surface area contributed by atoms with Gasteiger partial charge in [0, 0.05) is 24.5 Å². The molecule has 0 atom stereocenters. The maximum atomic E-state index is 10.9. The van der Waals surface area contributed by atoms with Gasteiger partial charge in [0.05, 0.1) is 0 Å². The number of carbonyl (C=O) groups is 2. The number of nitrogens with zero attached hydrogens (tertiary/aromatic N) is 3. The molecule has 2 amide bonds. The molecule has 0 aliphatic heterocycles. The van der Waals surface area contributed by atoms with Crippen LogP contribution in [0, 0.1) is 0 Å². The molecule has 8 heteroatoms.